The number of phenolic OH excluding ortho intramolecular Hbond substituents is 1. The smallest absolute Gasteiger partial charge is 0.254 e. The Labute approximate surface area is 329 Å². The molecule has 3 aliphatic heterocycles. The quantitative estimate of drug-likeness (QED) is 0.141. The number of methoxy groups -OCH3 is 1. The molecule has 2 fully saturated rings. The Morgan fingerprint density at radius 2 is 2.00 bits per heavy atom. The van der Waals surface area contributed by atoms with Crippen LogP contribution in [0.5, 0.6) is 17.2 Å². The minimum atomic E-state index is -2.53. The van der Waals surface area contributed by atoms with Gasteiger partial charge in [0.25, 0.3) is 5.91 Å². The predicted molar refractivity (Wildman–Crippen MR) is 207 cm³/mol. The highest BCUT2D eigenvalue weighted by Gasteiger charge is 2.56. The fourth-order valence-electron chi connectivity index (χ4n) is 9.60. The summed E-state index contributed by atoms with van der Waals surface area (Å²) in [6.45, 7) is -1.14. The first kappa shape index (κ1) is 37.6. The third kappa shape index (κ3) is 6.24. The van der Waals surface area contributed by atoms with Crippen molar-refractivity contribution in [1.29, 1.82) is 0 Å². The van der Waals surface area contributed by atoms with Gasteiger partial charge in [0.05, 0.1) is 49.6 Å². The van der Waals surface area contributed by atoms with E-state index in [1.807, 2.05) is 36.8 Å². The summed E-state index contributed by atoms with van der Waals surface area (Å²) in [5, 5.41) is 57.6. The molecule has 3 aromatic rings. The molecule has 0 radical (unpaired) electrons. The highest BCUT2D eigenvalue weighted by molar-refractivity contribution is 6.12. The zero-order valence-corrected chi connectivity index (χ0v) is 31.5. The number of ether oxygens (including phenoxy) is 4. The van der Waals surface area contributed by atoms with Crippen molar-refractivity contribution in [1.82, 2.24) is 4.90 Å². The zero-order valence-electron chi connectivity index (χ0n) is 31.5. The normalized spacial score (nSPS) is 28.5. The second kappa shape index (κ2) is 14.7. The molecule has 3 aliphatic carbocycles. The van der Waals surface area contributed by atoms with Crippen molar-refractivity contribution in [2.24, 2.45) is 10.9 Å². The first-order valence-electron chi connectivity index (χ1n) is 19.5. The Balaban J connectivity index is 1.08. The van der Waals surface area contributed by atoms with Gasteiger partial charge in [-0.3, -0.25) is 9.59 Å². The van der Waals surface area contributed by atoms with Gasteiger partial charge in [-0.1, -0.05) is 24.6 Å². The number of allylic oxidation sites excluding steroid dienone is 4. The van der Waals surface area contributed by atoms with Gasteiger partial charge in [-0.25, -0.2) is 0 Å². The number of rotatable bonds is 11. The maximum absolute atomic E-state index is 14.6. The summed E-state index contributed by atoms with van der Waals surface area (Å²) in [7, 11) is 1.48. The molecule has 6 aliphatic rings. The number of aliphatic hydroxyl groups is 4. The van der Waals surface area contributed by atoms with Gasteiger partial charge >= 0.3 is 0 Å². The van der Waals surface area contributed by atoms with Crippen LogP contribution in [0.25, 0.3) is 10.8 Å². The average Bonchev–Trinajstić information content (AvgIpc) is 3.96. The Bertz CT molecular complexity index is 2280. The molecular weight excluding hydrogens is 732 g/mol. The number of phenols is 1. The summed E-state index contributed by atoms with van der Waals surface area (Å²) in [5.41, 5.74) is 3.15. The second-order valence-corrected chi connectivity index (χ2v) is 15.8. The van der Waals surface area contributed by atoms with Crippen LogP contribution in [0.15, 0.2) is 76.5 Å². The summed E-state index contributed by atoms with van der Waals surface area (Å²) in [5.74, 6) is -0.329. The van der Waals surface area contributed by atoms with Crippen molar-refractivity contribution in [3.8, 4) is 17.2 Å². The number of nitrogens with zero attached hydrogens (tertiary/aromatic N) is 2. The molecule has 296 valence electrons. The lowest BCUT2D eigenvalue weighted by atomic mass is 9.72. The van der Waals surface area contributed by atoms with Crippen molar-refractivity contribution in [3.63, 3.8) is 0 Å². The Morgan fingerprint density at radius 3 is 2.81 bits per heavy atom. The van der Waals surface area contributed by atoms with Crippen LogP contribution >= 0.6 is 0 Å². The molecule has 7 atom stereocenters. The summed E-state index contributed by atoms with van der Waals surface area (Å²) in [6.07, 6.45) is 7.01. The van der Waals surface area contributed by atoms with E-state index in [4.69, 9.17) is 18.9 Å². The van der Waals surface area contributed by atoms with Crippen LogP contribution in [-0.2, 0) is 22.4 Å². The van der Waals surface area contributed by atoms with E-state index < -0.39 is 42.6 Å². The number of benzene rings is 3. The predicted octanol–water partition coefficient (Wildman–Crippen LogP) is 3.83. The number of aromatic hydroxyl groups is 1. The number of aryl methyl sites for hydroxylation is 1. The molecule has 13 nitrogen and oxygen atoms in total. The zero-order chi connectivity index (χ0) is 39.6. The summed E-state index contributed by atoms with van der Waals surface area (Å²) in [6, 6.07) is 10.5. The third-order valence-electron chi connectivity index (χ3n) is 12.6. The number of carbonyl (C=O) groups is 2. The van der Waals surface area contributed by atoms with E-state index >= 15 is 0 Å². The Kier molecular flexibility index (Phi) is 9.70. The fraction of sp³-hybridized carbons (Fsp3) is 0.409. The topological polar surface area (TPSA) is 188 Å². The minimum Gasteiger partial charge on any atom is -0.506 e. The number of hydrogen-bond acceptors (Lipinski definition) is 12. The molecular formula is C44H45N2O11+. The number of aliphatic hydroxyl groups excluding tert-OH is 3. The highest BCUT2D eigenvalue weighted by atomic mass is 16.7. The molecule has 1 saturated heterocycles. The molecule has 9 rings (SSSR count). The van der Waals surface area contributed by atoms with Gasteiger partial charge in [0.2, 0.25) is 6.29 Å². The van der Waals surface area contributed by atoms with Crippen molar-refractivity contribution >= 4 is 28.7 Å². The molecule has 13 heteroatoms. The van der Waals surface area contributed by atoms with Gasteiger partial charge in [0.1, 0.15) is 47.7 Å². The number of carbonyl (C=O) groups excluding carboxylic acids is 2. The van der Waals surface area contributed by atoms with Crippen molar-refractivity contribution in [2.45, 2.75) is 74.8 Å². The summed E-state index contributed by atoms with van der Waals surface area (Å²) >= 11 is 0. The Morgan fingerprint density at radius 1 is 1.16 bits per heavy atom. The second-order valence-electron chi connectivity index (χ2n) is 15.8. The van der Waals surface area contributed by atoms with Crippen molar-refractivity contribution in [2.75, 3.05) is 33.5 Å². The lowest BCUT2D eigenvalue weighted by Crippen LogP contribution is -2.69. The van der Waals surface area contributed by atoms with Crippen LogP contribution in [0.4, 0.5) is 0 Å². The number of fused-ring (bicyclic) bond motifs is 7. The standard InChI is InChI=1S/C44H44N2O11/c1-54-26-15-31-30-14-13-23-8-6-11-28(23)36(30)38(33(48)19-46-18-24-7-2-3-10-29(24)42(46)52)40(50)37(31)34(16-26)56-43-44(53,22-47)41(51)39(49)35(57-43)21-55-20-25-17-45-32-12-5-4-9-27(25)32/h2-5,7,9-10,12,15-17,23,28,35,39,41,43,47,49,51,53H,6,8,11,13-14,18-22H2,1H3/p+1. The van der Waals surface area contributed by atoms with Crippen LogP contribution in [0.3, 0.4) is 0 Å². The molecule has 3 aromatic carbocycles. The van der Waals surface area contributed by atoms with E-state index in [1.165, 1.54) is 18.1 Å². The molecule has 1 saturated carbocycles. The van der Waals surface area contributed by atoms with E-state index in [0.29, 0.717) is 29.0 Å². The molecule has 57 heavy (non-hydrogen) atoms. The van der Waals surface area contributed by atoms with Crippen LogP contribution in [0.2, 0.25) is 0 Å². The van der Waals surface area contributed by atoms with Crippen LogP contribution < -0.4 is 9.47 Å². The minimum absolute atomic E-state index is 0.0331. The van der Waals surface area contributed by atoms with Crippen molar-refractivity contribution in [3.05, 3.63) is 106 Å². The number of Topliss-reactive ketones (excluding diaryl/α,β-unsaturated/α-hetero) is 1. The number of ketones is 1. The van der Waals surface area contributed by atoms with E-state index in [9.17, 15) is 35.1 Å². The molecule has 5 N–H and O–H groups in total. The van der Waals surface area contributed by atoms with Gasteiger partial charge in [0.15, 0.2) is 17.1 Å². The van der Waals surface area contributed by atoms with Crippen LogP contribution in [-0.4, -0.2) is 112 Å². The number of aliphatic imine (C=N–C) groups is 1. The number of amides is 1. The van der Waals surface area contributed by atoms with Gasteiger partial charge in [-0.15, -0.1) is 0 Å². The maximum Gasteiger partial charge on any atom is 0.254 e. The maximum atomic E-state index is 14.6. The van der Waals surface area contributed by atoms with E-state index in [2.05, 4.69) is 4.99 Å². The average molecular weight is 778 g/mol. The SMILES string of the molecule is COc1cc(OC2OC(COCC3=C4[CH+]C=CC=C4N=C3)C(O)C(O)C2(O)CO)c2c(O)c(C(=O)CN3Cc4ccccc4C3=O)c3c(c2c1)CCC1CCCC31. The Hall–Kier alpha value is -5.02. The number of hydrogen-bond donors (Lipinski definition) is 5. The van der Waals surface area contributed by atoms with Crippen LogP contribution in [0.1, 0.15) is 69.0 Å². The molecule has 1 amide bonds. The molecule has 0 aromatic heterocycles. The first-order valence-corrected chi connectivity index (χ1v) is 19.5. The summed E-state index contributed by atoms with van der Waals surface area (Å²) in [4.78, 5) is 33.9. The lowest BCUT2D eigenvalue weighted by Gasteiger charge is -2.47. The molecule has 0 spiro atoms. The lowest BCUT2D eigenvalue weighted by molar-refractivity contribution is -0.328. The van der Waals surface area contributed by atoms with E-state index in [-0.39, 0.29) is 60.6 Å². The third-order valence-corrected chi connectivity index (χ3v) is 12.6. The molecule has 7 unspecified atom stereocenters. The first-order chi connectivity index (χ1) is 27.6. The molecule has 3 heterocycles. The van der Waals surface area contributed by atoms with E-state index in [1.54, 1.807) is 24.4 Å². The van der Waals surface area contributed by atoms with Crippen molar-refractivity contribution < 1.29 is 54.1 Å². The summed E-state index contributed by atoms with van der Waals surface area (Å²) < 4.78 is 24.1. The van der Waals surface area contributed by atoms with Gasteiger partial charge < -0.3 is 49.4 Å². The monoisotopic (exact) mass is 777 g/mol. The highest BCUT2D eigenvalue weighted by Crippen LogP contribution is 2.54. The largest absolute Gasteiger partial charge is 0.506 e. The fourth-order valence-corrected chi connectivity index (χ4v) is 9.60. The van der Waals surface area contributed by atoms with Gasteiger partial charge in [-0.2, -0.15) is 4.99 Å². The van der Waals surface area contributed by atoms with Crippen LogP contribution in [0, 0.1) is 12.3 Å². The van der Waals surface area contributed by atoms with Gasteiger partial charge in [0, 0.05) is 42.8 Å². The molecule has 0 bridgehead atoms. The van der Waals surface area contributed by atoms with Gasteiger partial charge in [-0.05, 0) is 71.7 Å². The van der Waals surface area contributed by atoms with E-state index in [0.717, 1.165) is 59.2 Å².